The maximum Gasteiger partial charge on any atom is 0.312 e. The van der Waals surface area contributed by atoms with Crippen molar-refractivity contribution in [1.82, 2.24) is 24.8 Å². The van der Waals surface area contributed by atoms with E-state index in [2.05, 4.69) is 26.8 Å². The van der Waals surface area contributed by atoms with Crippen LogP contribution in [0.4, 0.5) is 5.82 Å². The first-order chi connectivity index (χ1) is 13.1. The highest BCUT2D eigenvalue weighted by Gasteiger charge is 2.36. The SMILES string of the molecule is CC1CCN(C(=O)C(=O)N2CCCC2)CC1N(C)c1ncnc2[nH]ccc12. The fourth-order valence-electron chi connectivity index (χ4n) is 4.23. The molecule has 4 heterocycles. The van der Waals surface area contributed by atoms with E-state index in [1.807, 2.05) is 19.3 Å². The molecule has 0 aliphatic carbocycles. The minimum absolute atomic E-state index is 0.0991. The Kier molecular flexibility index (Phi) is 4.72. The van der Waals surface area contributed by atoms with Crippen LogP contribution >= 0.6 is 0 Å². The number of carbonyl (C=O) groups is 2. The smallest absolute Gasteiger partial charge is 0.312 e. The normalized spacial score (nSPS) is 23.0. The van der Waals surface area contributed by atoms with Crippen LogP contribution in [0.2, 0.25) is 0 Å². The fraction of sp³-hybridized carbons (Fsp3) is 0.579. The molecule has 2 atom stereocenters. The predicted octanol–water partition coefficient (Wildman–Crippen LogP) is 1.25. The average molecular weight is 370 g/mol. The number of likely N-dealkylation sites (tertiary alicyclic amines) is 2. The Morgan fingerprint density at radius 2 is 1.89 bits per heavy atom. The summed E-state index contributed by atoms with van der Waals surface area (Å²) in [6, 6.07) is 2.07. The minimum Gasteiger partial charge on any atom is -0.354 e. The van der Waals surface area contributed by atoms with Crippen molar-refractivity contribution in [1.29, 1.82) is 0 Å². The van der Waals surface area contributed by atoms with E-state index in [0.29, 0.717) is 32.1 Å². The number of likely N-dealkylation sites (N-methyl/N-ethyl adjacent to an activating group) is 1. The number of aromatic amines is 1. The van der Waals surface area contributed by atoms with Gasteiger partial charge in [-0.25, -0.2) is 9.97 Å². The lowest BCUT2D eigenvalue weighted by atomic mass is 9.92. The van der Waals surface area contributed by atoms with Crippen molar-refractivity contribution in [3.63, 3.8) is 0 Å². The molecule has 2 aliphatic rings. The van der Waals surface area contributed by atoms with E-state index in [1.54, 1.807) is 16.1 Å². The van der Waals surface area contributed by atoms with Gasteiger partial charge in [-0.3, -0.25) is 9.59 Å². The van der Waals surface area contributed by atoms with Gasteiger partial charge in [0.1, 0.15) is 17.8 Å². The molecule has 8 heteroatoms. The zero-order valence-electron chi connectivity index (χ0n) is 15.9. The zero-order valence-corrected chi connectivity index (χ0v) is 15.9. The molecule has 2 amide bonds. The number of carbonyl (C=O) groups excluding carboxylic acids is 2. The molecular formula is C19H26N6O2. The topological polar surface area (TPSA) is 85.4 Å². The first-order valence-electron chi connectivity index (χ1n) is 9.65. The van der Waals surface area contributed by atoms with E-state index in [4.69, 9.17) is 0 Å². The molecule has 0 saturated carbocycles. The molecule has 0 radical (unpaired) electrons. The Hall–Kier alpha value is -2.64. The Balaban J connectivity index is 1.52. The Labute approximate surface area is 158 Å². The Bertz CT molecular complexity index is 844. The number of anilines is 1. The van der Waals surface area contributed by atoms with Crippen LogP contribution in [-0.4, -0.2) is 75.8 Å². The highest BCUT2D eigenvalue weighted by Crippen LogP contribution is 2.28. The van der Waals surface area contributed by atoms with Crippen molar-refractivity contribution in [2.45, 2.75) is 32.2 Å². The van der Waals surface area contributed by atoms with Crippen molar-refractivity contribution in [2.75, 3.05) is 38.1 Å². The van der Waals surface area contributed by atoms with E-state index >= 15 is 0 Å². The number of nitrogens with one attached hydrogen (secondary N) is 1. The molecule has 0 spiro atoms. The highest BCUT2D eigenvalue weighted by atomic mass is 16.2. The van der Waals surface area contributed by atoms with E-state index in [-0.39, 0.29) is 17.9 Å². The Morgan fingerprint density at radius 1 is 1.15 bits per heavy atom. The van der Waals surface area contributed by atoms with Gasteiger partial charge in [-0.15, -0.1) is 0 Å². The van der Waals surface area contributed by atoms with Crippen molar-refractivity contribution in [3.05, 3.63) is 18.6 Å². The molecule has 0 aromatic carbocycles. The molecule has 4 rings (SSSR count). The summed E-state index contributed by atoms with van der Waals surface area (Å²) in [5.74, 6) is 0.526. The van der Waals surface area contributed by atoms with Crippen LogP contribution in [0.5, 0.6) is 0 Å². The van der Waals surface area contributed by atoms with Gasteiger partial charge in [0.2, 0.25) is 0 Å². The second-order valence-electron chi connectivity index (χ2n) is 7.63. The number of aromatic nitrogens is 3. The van der Waals surface area contributed by atoms with E-state index < -0.39 is 0 Å². The third-order valence-corrected chi connectivity index (χ3v) is 5.95. The quantitative estimate of drug-likeness (QED) is 0.805. The fourth-order valence-corrected chi connectivity index (χ4v) is 4.23. The van der Waals surface area contributed by atoms with Gasteiger partial charge in [-0.05, 0) is 31.2 Å². The van der Waals surface area contributed by atoms with Crippen LogP contribution in [0.1, 0.15) is 26.2 Å². The number of nitrogens with zero attached hydrogens (tertiary/aromatic N) is 5. The van der Waals surface area contributed by atoms with E-state index in [1.165, 1.54) is 0 Å². The van der Waals surface area contributed by atoms with E-state index in [9.17, 15) is 9.59 Å². The molecule has 2 aliphatic heterocycles. The number of rotatable bonds is 2. The highest BCUT2D eigenvalue weighted by molar-refractivity contribution is 6.35. The van der Waals surface area contributed by atoms with Gasteiger partial charge in [0.25, 0.3) is 0 Å². The van der Waals surface area contributed by atoms with Gasteiger partial charge in [0.15, 0.2) is 0 Å². The number of hydrogen-bond acceptors (Lipinski definition) is 5. The van der Waals surface area contributed by atoms with Gasteiger partial charge in [-0.1, -0.05) is 6.92 Å². The number of amides is 2. The van der Waals surface area contributed by atoms with Crippen LogP contribution in [0, 0.1) is 5.92 Å². The van der Waals surface area contributed by atoms with E-state index in [0.717, 1.165) is 36.1 Å². The van der Waals surface area contributed by atoms with Crippen molar-refractivity contribution in [3.8, 4) is 0 Å². The van der Waals surface area contributed by atoms with Crippen molar-refractivity contribution >= 4 is 28.7 Å². The summed E-state index contributed by atoms with van der Waals surface area (Å²) < 4.78 is 0. The molecule has 0 bridgehead atoms. The van der Waals surface area contributed by atoms with Crippen LogP contribution in [0.25, 0.3) is 11.0 Å². The van der Waals surface area contributed by atoms with Gasteiger partial charge in [-0.2, -0.15) is 0 Å². The van der Waals surface area contributed by atoms with Crippen LogP contribution in [-0.2, 0) is 9.59 Å². The summed E-state index contributed by atoms with van der Waals surface area (Å²) in [6.45, 7) is 4.76. The first-order valence-corrected chi connectivity index (χ1v) is 9.65. The van der Waals surface area contributed by atoms with Crippen LogP contribution < -0.4 is 4.90 Å². The van der Waals surface area contributed by atoms with Crippen molar-refractivity contribution in [2.24, 2.45) is 5.92 Å². The molecule has 2 unspecified atom stereocenters. The largest absolute Gasteiger partial charge is 0.354 e. The minimum atomic E-state index is -0.364. The zero-order chi connectivity index (χ0) is 19.0. The molecule has 144 valence electrons. The molecule has 2 aromatic heterocycles. The summed E-state index contributed by atoms with van der Waals surface area (Å²) in [5, 5.41) is 0.962. The van der Waals surface area contributed by atoms with Gasteiger partial charge in [0, 0.05) is 39.4 Å². The number of fused-ring (bicyclic) bond motifs is 1. The summed E-state index contributed by atoms with van der Waals surface area (Å²) in [5.41, 5.74) is 0.799. The molecule has 27 heavy (non-hydrogen) atoms. The van der Waals surface area contributed by atoms with Gasteiger partial charge >= 0.3 is 11.8 Å². The second kappa shape index (κ2) is 7.17. The molecular weight excluding hydrogens is 344 g/mol. The summed E-state index contributed by atoms with van der Waals surface area (Å²) in [7, 11) is 2.01. The van der Waals surface area contributed by atoms with Crippen LogP contribution in [0.15, 0.2) is 18.6 Å². The molecule has 8 nitrogen and oxygen atoms in total. The third-order valence-electron chi connectivity index (χ3n) is 5.95. The number of H-pyrrole nitrogens is 1. The summed E-state index contributed by atoms with van der Waals surface area (Å²) in [6.07, 6.45) is 6.25. The average Bonchev–Trinajstić information content (AvgIpc) is 3.38. The maximum atomic E-state index is 12.8. The lowest BCUT2D eigenvalue weighted by Gasteiger charge is -2.42. The third kappa shape index (κ3) is 3.24. The number of hydrogen-bond donors (Lipinski definition) is 1. The molecule has 2 saturated heterocycles. The molecule has 2 aromatic rings. The number of piperidine rings is 1. The van der Waals surface area contributed by atoms with Gasteiger partial charge in [0.05, 0.1) is 11.4 Å². The summed E-state index contributed by atoms with van der Waals surface area (Å²) >= 11 is 0. The molecule has 2 fully saturated rings. The first kappa shape index (κ1) is 17.8. The monoisotopic (exact) mass is 370 g/mol. The second-order valence-corrected chi connectivity index (χ2v) is 7.63. The maximum absolute atomic E-state index is 12.8. The molecule has 1 N–H and O–H groups in total. The lowest BCUT2D eigenvalue weighted by molar-refractivity contribution is -0.152. The lowest BCUT2D eigenvalue weighted by Crippen LogP contribution is -2.55. The standard InChI is InChI=1S/C19H26N6O2/c1-13-6-10-25(19(27)18(26)24-8-3-4-9-24)11-15(13)23(2)17-14-5-7-20-16(14)21-12-22-17/h5,7,12-13,15H,3-4,6,8-11H2,1-2H3,(H,20,21,22). The van der Waals surface area contributed by atoms with Crippen LogP contribution in [0.3, 0.4) is 0 Å². The van der Waals surface area contributed by atoms with Crippen molar-refractivity contribution < 1.29 is 9.59 Å². The Morgan fingerprint density at radius 3 is 2.67 bits per heavy atom. The predicted molar refractivity (Wildman–Crippen MR) is 102 cm³/mol. The van der Waals surface area contributed by atoms with Gasteiger partial charge < -0.3 is 19.7 Å². The summed E-state index contributed by atoms with van der Waals surface area (Å²) in [4.78, 5) is 42.6.